The number of hydrogen-bond acceptors (Lipinski definition) is 3. The van der Waals surface area contributed by atoms with Gasteiger partial charge in [0, 0.05) is 23.2 Å². The van der Waals surface area contributed by atoms with Gasteiger partial charge in [-0.15, -0.1) is 0 Å². The van der Waals surface area contributed by atoms with Crippen LogP contribution in [0.15, 0.2) is 36.4 Å². The molecule has 2 aliphatic rings. The molecular weight excluding hydrogens is 449 g/mol. The SMILES string of the molecule is O=C(CC1NC(=O)NC1=O)NC1CC(Cc2c(-c3ccc(F)cc3)[nH]c3c(F)cc(F)cc23)C1. The zero-order valence-electron chi connectivity index (χ0n) is 17.9. The summed E-state index contributed by atoms with van der Waals surface area (Å²) >= 11 is 0. The highest BCUT2D eigenvalue weighted by Crippen LogP contribution is 2.38. The highest BCUT2D eigenvalue weighted by atomic mass is 19.1. The topological polar surface area (TPSA) is 103 Å². The van der Waals surface area contributed by atoms with Crippen molar-refractivity contribution in [3.63, 3.8) is 0 Å². The molecule has 3 aromatic rings. The fraction of sp³-hybridized carbons (Fsp3) is 0.292. The Labute approximate surface area is 192 Å². The van der Waals surface area contributed by atoms with Crippen molar-refractivity contribution in [2.45, 2.75) is 37.8 Å². The Morgan fingerprint density at radius 2 is 1.76 bits per heavy atom. The van der Waals surface area contributed by atoms with Crippen molar-refractivity contribution < 1.29 is 27.6 Å². The van der Waals surface area contributed by atoms with E-state index in [1.807, 2.05) is 0 Å². The summed E-state index contributed by atoms with van der Waals surface area (Å²) in [6.45, 7) is 0. The van der Waals surface area contributed by atoms with Gasteiger partial charge >= 0.3 is 6.03 Å². The molecule has 1 aromatic heterocycles. The van der Waals surface area contributed by atoms with Crippen molar-refractivity contribution in [1.29, 1.82) is 0 Å². The van der Waals surface area contributed by atoms with Crippen LogP contribution in [-0.2, 0) is 16.0 Å². The Morgan fingerprint density at radius 3 is 2.44 bits per heavy atom. The number of carbonyl (C=O) groups is 3. The Balaban J connectivity index is 1.29. The summed E-state index contributed by atoms with van der Waals surface area (Å²) < 4.78 is 41.9. The Kier molecular flexibility index (Phi) is 5.51. The number of nitrogens with one attached hydrogen (secondary N) is 4. The molecule has 1 saturated heterocycles. The standard InChI is InChI=1S/C24H21F3N4O3/c25-13-3-1-12(2-4-13)21-16(17-8-14(26)9-18(27)22(17)30-21)7-11-5-15(6-11)28-20(32)10-19-23(33)31-24(34)29-19/h1-4,8-9,11,15,19,30H,5-7,10H2,(H,28,32)(H2,29,31,33,34). The number of amides is 4. The van der Waals surface area contributed by atoms with E-state index in [0.717, 1.165) is 11.6 Å². The van der Waals surface area contributed by atoms with E-state index in [4.69, 9.17) is 0 Å². The Bertz CT molecular complexity index is 1300. The molecule has 2 heterocycles. The van der Waals surface area contributed by atoms with Crippen LogP contribution in [0, 0.1) is 23.4 Å². The number of imide groups is 1. The Hall–Kier alpha value is -3.82. The van der Waals surface area contributed by atoms with E-state index >= 15 is 0 Å². The normalized spacial score (nSPS) is 21.8. The minimum Gasteiger partial charge on any atom is -0.353 e. The summed E-state index contributed by atoms with van der Waals surface area (Å²) in [4.78, 5) is 38.0. The molecule has 10 heteroatoms. The van der Waals surface area contributed by atoms with Crippen molar-refractivity contribution in [3.8, 4) is 11.3 Å². The molecule has 0 bridgehead atoms. The van der Waals surface area contributed by atoms with Crippen LogP contribution in [0.5, 0.6) is 0 Å². The van der Waals surface area contributed by atoms with Gasteiger partial charge in [0.15, 0.2) is 0 Å². The second kappa shape index (κ2) is 8.51. The van der Waals surface area contributed by atoms with Gasteiger partial charge in [-0.25, -0.2) is 18.0 Å². The number of H-pyrrole nitrogens is 1. The minimum absolute atomic E-state index is 0.0920. The summed E-state index contributed by atoms with van der Waals surface area (Å²) in [7, 11) is 0. The molecule has 4 N–H and O–H groups in total. The van der Waals surface area contributed by atoms with Gasteiger partial charge in [-0.2, -0.15) is 0 Å². The average molecular weight is 470 g/mol. The number of urea groups is 1. The lowest BCUT2D eigenvalue weighted by Crippen LogP contribution is -2.47. The summed E-state index contributed by atoms with van der Waals surface area (Å²) in [5.74, 6) is -2.49. The quantitative estimate of drug-likeness (QED) is 0.416. The minimum atomic E-state index is -0.877. The number of aromatic nitrogens is 1. The fourth-order valence-corrected chi connectivity index (χ4v) is 4.73. The van der Waals surface area contributed by atoms with E-state index in [2.05, 4.69) is 20.9 Å². The molecule has 176 valence electrons. The number of halogens is 3. The number of fused-ring (bicyclic) bond motifs is 1. The molecule has 34 heavy (non-hydrogen) atoms. The van der Waals surface area contributed by atoms with Gasteiger partial charge in [-0.3, -0.25) is 14.9 Å². The summed E-state index contributed by atoms with van der Waals surface area (Å²) in [5.41, 5.74) is 2.19. The van der Waals surface area contributed by atoms with Crippen molar-refractivity contribution in [2.24, 2.45) is 5.92 Å². The third kappa shape index (κ3) is 4.23. The molecular formula is C24H21F3N4O3. The molecule has 1 unspecified atom stereocenters. The lowest BCUT2D eigenvalue weighted by atomic mass is 9.76. The zero-order chi connectivity index (χ0) is 24.0. The number of aromatic amines is 1. The first-order chi connectivity index (χ1) is 16.3. The lowest BCUT2D eigenvalue weighted by Gasteiger charge is -2.36. The lowest BCUT2D eigenvalue weighted by molar-refractivity contribution is -0.127. The summed E-state index contributed by atoms with van der Waals surface area (Å²) in [5, 5.41) is 7.76. The van der Waals surface area contributed by atoms with Gasteiger partial charge in [0.25, 0.3) is 5.91 Å². The van der Waals surface area contributed by atoms with Gasteiger partial charge in [0.2, 0.25) is 5.91 Å². The summed E-state index contributed by atoms with van der Waals surface area (Å²) in [6, 6.07) is 6.31. The van der Waals surface area contributed by atoms with Crippen LogP contribution in [0.3, 0.4) is 0 Å². The van der Waals surface area contributed by atoms with Crippen LogP contribution in [0.4, 0.5) is 18.0 Å². The average Bonchev–Trinajstić information content (AvgIpc) is 3.26. The number of carbonyl (C=O) groups excluding carboxylic acids is 3. The van der Waals surface area contributed by atoms with E-state index in [0.29, 0.717) is 35.9 Å². The molecule has 2 aromatic carbocycles. The highest BCUT2D eigenvalue weighted by Gasteiger charge is 2.35. The van der Waals surface area contributed by atoms with Crippen LogP contribution < -0.4 is 16.0 Å². The molecule has 5 rings (SSSR count). The maximum Gasteiger partial charge on any atom is 0.322 e. The van der Waals surface area contributed by atoms with E-state index < -0.39 is 35.4 Å². The largest absolute Gasteiger partial charge is 0.353 e. The molecule has 4 amide bonds. The van der Waals surface area contributed by atoms with Crippen LogP contribution in [0.2, 0.25) is 0 Å². The second-order valence-electron chi connectivity index (χ2n) is 8.82. The third-order valence-electron chi connectivity index (χ3n) is 6.41. The van der Waals surface area contributed by atoms with Crippen molar-refractivity contribution in [1.82, 2.24) is 20.9 Å². The molecule has 1 aliphatic carbocycles. The predicted molar refractivity (Wildman–Crippen MR) is 117 cm³/mol. The van der Waals surface area contributed by atoms with Gasteiger partial charge in [0.1, 0.15) is 23.5 Å². The van der Waals surface area contributed by atoms with E-state index in [1.54, 1.807) is 12.1 Å². The smallest absolute Gasteiger partial charge is 0.322 e. The van der Waals surface area contributed by atoms with E-state index in [1.165, 1.54) is 18.2 Å². The number of rotatable bonds is 6. The van der Waals surface area contributed by atoms with E-state index in [9.17, 15) is 27.6 Å². The molecule has 1 atom stereocenters. The van der Waals surface area contributed by atoms with Gasteiger partial charge in [-0.05, 0) is 66.6 Å². The van der Waals surface area contributed by atoms with Crippen molar-refractivity contribution in [2.75, 3.05) is 0 Å². The Morgan fingerprint density at radius 1 is 1.03 bits per heavy atom. The number of benzene rings is 2. The molecule has 2 fully saturated rings. The molecule has 0 radical (unpaired) electrons. The zero-order valence-corrected chi connectivity index (χ0v) is 17.9. The van der Waals surface area contributed by atoms with Crippen LogP contribution in [-0.4, -0.2) is 34.9 Å². The predicted octanol–water partition coefficient (Wildman–Crippen LogP) is 3.29. The number of hydrogen-bond donors (Lipinski definition) is 4. The first-order valence-corrected chi connectivity index (χ1v) is 10.9. The maximum absolute atomic E-state index is 14.4. The molecule has 1 aliphatic heterocycles. The van der Waals surface area contributed by atoms with Gasteiger partial charge in [0.05, 0.1) is 11.9 Å². The second-order valence-corrected chi connectivity index (χ2v) is 8.82. The molecule has 7 nitrogen and oxygen atoms in total. The summed E-state index contributed by atoms with van der Waals surface area (Å²) in [6.07, 6.45) is 1.68. The third-order valence-corrected chi connectivity index (χ3v) is 6.41. The van der Waals surface area contributed by atoms with Crippen molar-refractivity contribution >= 4 is 28.7 Å². The maximum atomic E-state index is 14.4. The first kappa shape index (κ1) is 22.0. The molecule has 0 spiro atoms. The van der Waals surface area contributed by atoms with E-state index in [-0.39, 0.29) is 29.8 Å². The van der Waals surface area contributed by atoms with Crippen LogP contribution in [0.1, 0.15) is 24.8 Å². The van der Waals surface area contributed by atoms with Crippen molar-refractivity contribution in [3.05, 3.63) is 59.4 Å². The van der Waals surface area contributed by atoms with Crippen LogP contribution in [0.25, 0.3) is 22.2 Å². The highest BCUT2D eigenvalue weighted by molar-refractivity contribution is 6.05. The van der Waals surface area contributed by atoms with Gasteiger partial charge < -0.3 is 15.6 Å². The monoisotopic (exact) mass is 470 g/mol. The van der Waals surface area contributed by atoms with Crippen LogP contribution >= 0.6 is 0 Å². The fourth-order valence-electron chi connectivity index (χ4n) is 4.73. The first-order valence-electron chi connectivity index (χ1n) is 10.9. The molecule has 1 saturated carbocycles. The van der Waals surface area contributed by atoms with Gasteiger partial charge in [-0.1, -0.05) is 0 Å².